The molecule has 3 aromatic rings. The van der Waals surface area contributed by atoms with Gasteiger partial charge in [0.05, 0.1) is 16.8 Å². The molecule has 6 N–H and O–H groups in total. The van der Waals surface area contributed by atoms with Crippen molar-refractivity contribution >= 4 is 48.4 Å². The Labute approximate surface area is 221 Å². The summed E-state index contributed by atoms with van der Waals surface area (Å²) in [6, 6.07) is 11.1. The second-order valence-electron chi connectivity index (χ2n) is 8.47. The third-order valence-electron chi connectivity index (χ3n) is 5.48. The number of aliphatic hydroxyl groups excluding tert-OH is 1. The van der Waals surface area contributed by atoms with Crippen LogP contribution in [0.25, 0.3) is 10.2 Å². The minimum atomic E-state index is -4.02. The third kappa shape index (κ3) is 9.56. The molecule has 0 atom stereocenters. The normalized spacial score (nSPS) is 11.5. The predicted molar refractivity (Wildman–Crippen MR) is 148 cm³/mol. The molecular weight excluding hydrogens is 514 g/mol. The van der Waals surface area contributed by atoms with Crippen LogP contribution in [0, 0.1) is 0 Å². The fourth-order valence-corrected chi connectivity index (χ4v) is 5.40. The van der Waals surface area contributed by atoms with E-state index in [9.17, 15) is 13.2 Å². The van der Waals surface area contributed by atoms with Crippen molar-refractivity contribution in [2.24, 2.45) is 5.73 Å². The zero-order chi connectivity index (χ0) is 26.5. The van der Waals surface area contributed by atoms with E-state index in [0.29, 0.717) is 47.9 Å². The maximum atomic E-state index is 12.8. The molecule has 10 nitrogen and oxygen atoms in total. The lowest BCUT2D eigenvalue weighted by Gasteiger charge is -2.09. The number of nitrogens with one attached hydrogen (secondary N) is 3. The van der Waals surface area contributed by atoms with Crippen LogP contribution in [-0.2, 0) is 14.9 Å². The second kappa shape index (κ2) is 14.8. The highest BCUT2D eigenvalue weighted by molar-refractivity contribution is 7.87. The Hall–Kier alpha value is -2.77. The Balaban J connectivity index is 1.53. The number of aliphatic hydroxyl groups is 1. The lowest BCUT2D eigenvalue weighted by molar-refractivity contribution is -0.116. The molecule has 2 aromatic carbocycles. The average Bonchev–Trinajstić information content (AvgIpc) is 3.27. The standard InChI is InChI=1S/C25H35N5O5S2/c26-13-5-3-1-2-4-6-24(32)30-25-29-22-12-9-20(18-23(22)36-25)35-37(33,34)21-10-7-19(8-11-21)28-15-14-27-16-17-31/h7-12,18,27-28,31H,1-6,13-17,26H2,(H,29,30,32). The molecule has 1 heterocycles. The first-order chi connectivity index (χ1) is 17.9. The van der Waals surface area contributed by atoms with Crippen molar-refractivity contribution in [1.82, 2.24) is 10.3 Å². The van der Waals surface area contributed by atoms with Gasteiger partial charge in [-0.2, -0.15) is 8.42 Å². The highest BCUT2D eigenvalue weighted by atomic mass is 32.2. The number of amides is 1. The van der Waals surface area contributed by atoms with Gasteiger partial charge in [-0.15, -0.1) is 0 Å². The number of carbonyl (C=O) groups excluding carboxylic acids is 1. The Morgan fingerprint density at radius 3 is 2.51 bits per heavy atom. The summed E-state index contributed by atoms with van der Waals surface area (Å²) in [5.74, 6) is 0.0833. The molecule has 0 saturated heterocycles. The molecule has 1 amide bonds. The molecule has 0 unspecified atom stereocenters. The Bertz CT molecular complexity index is 1230. The van der Waals surface area contributed by atoms with E-state index in [2.05, 4.69) is 20.9 Å². The first kappa shape index (κ1) is 28.8. The van der Waals surface area contributed by atoms with Crippen molar-refractivity contribution in [3.8, 4) is 5.75 Å². The first-order valence-corrected chi connectivity index (χ1v) is 14.6. The smallest absolute Gasteiger partial charge is 0.339 e. The molecule has 1 aromatic heterocycles. The number of nitrogens with zero attached hydrogens (tertiary/aromatic N) is 1. The zero-order valence-corrected chi connectivity index (χ0v) is 22.4. The zero-order valence-electron chi connectivity index (χ0n) is 20.7. The van der Waals surface area contributed by atoms with Crippen molar-refractivity contribution in [1.29, 1.82) is 0 Å². The van der Waals surface area contributed by atoms with Crippen LogP contribution in [0.2, 0.25) is 0 Å². The van der Waals surface area contributed by atoms with E-state index in [4.69, 9.17) is 15.0 Å². The number of rotatable bonds is 17. The summed E-state index contributed by atoms with van der Waals surface area (Å²) in [6.07, 6.45) is 5.41. The van der Waals surface area contributed by atoms with E-state index in [0.717, 1.165) is 37.8 Å². The van der Waals surface area contributed by atoms with Gasteiger partial charge in [0.15, 0.2) is 5.13 Å². The molecule has 0 spiro atoms. The fraction of sp³-hybridized carbons (Fsp3) is 0.440. The third-order valence-corrected chi connectivity index (χ3v) is 7.68. The monoisotopic (exact) mass is 549 g/mol. The van der Waals surface area contributed by atoms with Gasteiger partial charge in [-0.3, -0.25) is 4.79 Å². The summed E-state index contributed by atoms with van der Waals surface area (Å²) in [6.45, 7) is 2.61. The highest BCUT2D eigenvalue weighted by Crippen LogP contribution is 2.31. The number of anilines is 2. The van der Waals surface area contributed by atoms with E-state index in [1.807, 2.05) is 0 Å². The number of hydrogen-bond acceptors (Lipinski definition) is 10. The predicted octanol–water partition coefficient (Wildman–Crippen LogP) is 3.30. The number of carbonyl (C=O) groups is 1. The fourth-order valence-electron chi connectivity index (χ4n) is 3.57. The first-order valence-electron chi connectivity index (χ1n) is 12.4. The van der Waals surface area contributed by atoms with Crippen molar-refractivity contribution in [2.45, 2.75) is 43.4 Å². The molecule has 0 aliphatic rings. The summed E-state index contributed by atoms with van der Waals surface area (Å²) in [7, 11) is -4.02. The van der Waals surface area contributed by atoms with Crippen molar-refractivity contribution in [2.75, 3.05) is 43.4 Å². The largest absolute Gasteiger partial charge is 0.395 e. The van der Waals surface area contributed by atoms with Gasteiger partial charge in [0.25, 0.3) is 0 Å². The van der Waals surface area contributed by atoms with Crippen LogP contribution in [0.3, 0.4) is 0 Å². The van der Waals surface area contributed by atoms with Gasteiger partial charge in [0.1, 0.15) is 10.6 Å². The number of thiazole rings is 1. The number of benzene rings is 2. The SMILES string of the molecule is NCCCCCCCC(=O)Nc1nc2ccc(OS(=O)(=O)c3ccc(NCCNCCO)cc3)cc2s1. The van der Waals surface area contributed by atoms with Gasteiger partial charge < -0.3 is 31.0 Å². The highest BCUT2D eigenvalue weighted by Gasteiger charge is 2.18. The summed E-state index contributed by atoms with van der Waals surface area (Å²) in [5.41, 5.74) is 6.91. The van der Waals surface area contributed by atoms with Gasteiger partial charge >= 0.3 is 10.1 Å². The van der Waals surface area contributed by atoms with Gasteiger partial charge in [0.2, 0.25) is 5.91 Å². The topological polar surface area (TPSA) is 156 Å². The Kier molecular flexibility index (Phi) is 11.5. The van der Waals surface area contributed by atoms with Gasteiger partial charge in [-0.1, -0.05) is 30.6 Å². The van der Waals surface area contributed by atoms with Crippen LogP contribution in [0.15, 0.2) is 47.4 Å². The Morgan fingerprint density at radius 2 is 1.76 bits per heavy atom. The van der Waals surface area contributed by atoms with Crippen molar-refractivity contribution in [3.63, 3.8) is 0 Å². The number of unbranched alkanes of at least 4 members (excludes halogenated alkanes) is 4. The quantitative estimate of drug-likeness (QED) is 0.126. The summed E-state index contributed by atoms with van der Waals surface area (Å²) < 4.78 is 31.6. The van der Waals surface area contributed by atoms with Crippen molar-refractivity contribution < 1.29 is 22.5 Å². The molecular formula is C25H35N5O5S2. The van der Waals surface area contributed by atoms with Crippen LogP contribution in [0.1, 0.15) is 38.5 Å². The number of hydrogen-bond donors (Lipinski definition) is 5. The molecule has 0 aliphatic carbocycles. The maximum absolute atomic E-state index is 12.8. The van der Waals surface area contributed by atoms with Gasteiger partial charge in [-0.05, 0) is 55.8 Å². The average molecular weight is 550 g/mol. The van der Waals surface area contributed by atoms with E-state index >= 15 is 0 Å². The molecule has 0 bridgehead atoms. The minimum absolute atomic E-state index is 0.0387. The number of fused-ring (bicyclic) bond motifs is 1. The molecule has 0 saturated carbocycles. The summed E-state index contributed by atoms with van der Waals surface area (Å²) in [5, 5.41) is 18.3. The van der Waals surface area contributed by atoms with E-state index in [1.165, 1.54) is 23.5 Å². The van der Waals surface area contributed by atoms with E-state index in [-0.39, 0.29) is 23.2 Å². The number of nitrogens with two attached hydrogens (primary N) is 1. The summed E-state index contributed by atoms with van der Waals surface area (Å²) >= 11 is 1.27. The maximum Gasteiger partial charge on any atom is 0.339 e. The summed E-state index contributed by atoms with van der Waals surface area (Å²) in [4.78, 5) is 16.7. The van der Waals surface area contributed by atoms with Crippen molar-refractivity contribution in [3.05, 3.63) is 42.5 Å². The van der Waals surface area contributed by atoms with E-state index in [1.54, 1.807) is 30.3 Å². The van der Waals surface area contributed by atoms with Gasteiger partial charge in [-0.25, -0.2) is 4.98 Å². The van der Waals surface area contributed by atoms with Crippen LogP contribution in [-0.4, -0.2) is 57.2 Å². The Morgan fingerprint density at radius 1 is 1.00 bits per heavy atom. The van der Waals surface area contributed by atoms with Crippen LogP contribution < -0.4 is 25.9 Å². The molecule has 12 heteroatoms. The lowest BCUT2D eigenvalue weighted by Crippen LogP contribution is -2.24. The lowest BCUT2D eigenvalue weighted by atomic mass is 10.1. The van der Waals surface area contributed by atoms with Gasteiger partial charge in [0, 0.05) is 37.8 Å². The molecule has 0 fully saturated rings. The second-order valence-corrected chi connectivity index (χ2v) is 11.0. The number of aromatic nitrogens is 1. The van der Waals surface area contributed by atoms with Crippen LogP contribution in [0.5, 0.6) is 5.75 Å². The molecule has 37 heavy (non-hydrogen) atoms. The van der Waals surface area contributed by atoms with Crippen LogP contribution >= 0.6 is 11.3 Å². The minimum Gasteiger partial charge on any atom is -0.395 e. The van der Waals surface area contributed by atoms with Crippen LogP contribution in [0.4, 0.5) is 10.8 Å². The molecule has 3 rings (SSSR count). The molecule has 0 aliphatic heterocycles. The molecule has 0 radical (unpaired) electrons. The van der Waals surface area contributed by atoms with E-state index < -0.39 is 10.1 Å². The molecule has 202 valence electrons.